The highest BCUT2D eigenvalue weighted by atomic mass is 35.5. The van der Waals surface area contributed by atoms with Crippen LogP contribution < -0.4 is 9.47 Å². The number of halogens is 2. The van der Waals surface area contributed by atoms with Crippen molar-refractivity contribution in [1.29, 1.82) is 0 Å². The number of hydrogen-bond acceptors (Lipinski definition) is 4. The second-order valence-electron chi connectivity index (χ2n) is 3.44. The summed E-state index contributed by atoms with van der Waals surface area (Å²) in [7, 11) is 3.16. The van der Waals surface area contributed by atoms with Crippen LogP contribution in [0, 0.1) is 0 Å². The minimum Gasteiger partial charge on any atom is -0.497 e. The first-order chi connectivity index (χ1) is 8.65. The van der Waals surface area contributed by atoms with Gasteiger partial charge >= 0.3 is 0 Å². The van der Waals surface area contributed by atoms with Gasteiger partial charge < -0.3 is 9.47 Å². The molecule has 1 heterocycles. The van der Waals surface area contributed by atoms with Crippen molar-refractivity contribution in [2.24, 2.45) is 0 Å². The fourth-order valence-electron chi connectivity index (χ4n) is 1.56. The van der Waals surface area contributed by atoms with E-state index in [1.54, 1.807) is 26.4 Å². The number of nitrogens with zero attached hydrogens (tertiary/aromatic N) is 2. The van der Waals surface area contributed by atoms with Gasteiger partial charge in [-0.25, -0.2) is 0 Å². The predicted molar refractivity (Wildman–Crippen MR) is 70.6 cm³/mol. The van der Waals surface area contributed by atoms with Crippen molar-refractivity contribution in [3.05, 3.63) is 34.6 Å². The monoisotopic (exact) mass is 284 g/mol. The summed E-state index contributed by atoms with van der Waals surface area (Å²) in [5, 5.41) is 7.98. The Kier molecular flexibility index (Phi) is 3.89. The number of ether oxygens (including phenoxy) is 2. The molecule has 94 valence electrons. The van der Waals surface area contributed by atoms with Crippen LogP contribution in [0.15, 0.2) is 24.3 Å². The molecule has 0 bridgehead atoms. The van der Waals surface area contributed by atoms with Crippen LogP contribution >= 0.6 is 23.2 Å². The SMILES string of the molecule is COc1ccc(-c2cc(Cl)nnc2Cl)c(OC)c1. The highest BCUT2D eigenvalue weighted by Gasteiger charge is 2.12. The molecule has 0 aliphatic carbocycles. The maximum absolute atomic E-state index is 6.01. The summed E-state index contributed by atoms with van der Waals surface area (Å²) in [6.07, 6.45) is 0. The summed E-state index contributed by atoms with van der Waals surface area (Å²) >= 11 is 11.8. The fourth-order valence-corrected chi connectivity index (χ4v) is 1.90. The minimum atomic E-state index is 0.267. The lowest BCUT2D eigenvalue weighted by atomic mass is 10.1. The number of methoxy groups -OCH3 is 2. The molecule has 0 radical (unpaired) electrons. The van der Waals surface area contributed by atoms with Crippen molar-refractivity contribution in [3.63, 3.8) is 0 Å². The van der Waals surface area contributed by atoms with Crippen LogP contribution in [0.4, 0.5) is 0 Å². The van der Waals surface area contributed by atoms with Gasteiger partial charge in [-0.1, -0.05) is 23.2 Å². The van der Waals surface area contributed by atoms with Gasteiger partial charge in [-0.15, -0.1) is 10.2 Å². The van der Waals surface area contributed by atoms with Crippen LogP contribution in [-0.4, -0.2) is 24.4 Å². The van der Waals surface area contributed by atoms with Crippen molar-refractivity contribution in [1.82, 2.24) is 10.2 Å². The topological polar surface area (TPSA) is 44.2 Å². The lowest BCUT2D eigenvalue weighted by Gasteiger charge is -2.11. The molecule has 1 aromatic heterocycles. The number of hydrogen-bond donors (Lipinski definition) is 0. The Labute approximate surface area is 114 Å². The molecule has 6 heteroatoms. The normalized spacial score (nSPS) is 10.2. The Bertz CT molecular complexity index is 576. The molecule has 2 rings (SSSR count). The third-order valence-electron chi connectivity index (χ3n) is 2.42. The second-order valence-corrected chi connectivity index (χ2v) is 4.18. The fraction of sp³-hybridized carbons (Fsp3) is 0.167. The van der Waals surface area contributed by atoms with Crippen molar-refractivity contribution in [3.8, 4) is 22.6 Å². The summed E-state index contributed by atoms with van der Waals surface area (Å²) in [5.41, 5.74) is 1.44. The number of rotatable bonds is 3. The molecular formula is C12H10Cl2N2O2. The summed E-state index contributed by atoms with van der Waals surface area (Å²) in [6.45, 7) is 0. The van der Waals surface area contributed by atoms with E-state index in [1.807, 2.05) is 12.1 Å². The van der Waals surface area contributed by atoms with Crippen LogP contribution in [0.25, 0.3) is 11.1 Å². The van der Waals surface area contributed by atoms with Crippen LogP contribution in [0.1, 0.15) is 0 Å². The second kappa shape index (κ2) is 5.42. The van der Waals surface area contributed by atoms with Gasteiger partial charge in [-0.05, 0) is 18.2 Å². The first kappa shape index (κ1) is 12.9. The van der Waals surface area contributed by atoms with Gasteiger partial charge in [-0.2, -0.15) is 0 Å². The quantitative estimate of drug-likeness (QED) is 0.866. The van der Waals surface area contributed by atoms with Crippen LogP contribution in [0.2, 0.25) is 10.3 Å². The molecule has 4 nitrogen and oxygen atoms in total. The van der Waals surface area contributed by atoms with Crippen molar-refractivity contribution < 1.29 is 9.47 Å². The Morgan fingerprint density at radius 3 is 2.39 bits per heavy atom. The zero-order valence-electron chi connectivity index (χ0n) is 9.78. The van der Waals surface area contributed by atoms with E-state index in [2.05, 4.69) is 10.2 Å². The Balaban J connectivity index is 2.59. The highest BCUT2D eigenvalue weighted by molar-refractivity contribution is 6.33. The van der Waals surface area contributed by atoms with E-state index in [0.29, 0.717) is 17.1 Å². The molecule has 0 N–H and O–H groups in total. The summed E-state index contributed by atoms with van der Waals surface area (Å²) in [6, 6.07) is 7.04. The molecule has 2 aromatic rings. The summed E-state index contributed by atoms with van der Waals surface area (Å²) in [5.74, 6) is 1.32. The van der Waals surface area contributed by atoms with E-state index in [9.17, 15) is 0 Å². The van der Waals surface area contributed by atoms with Gasteiger partial charge in [0.25, 0.3) is 0 Å². The van der Waals surface area contributed by atoms with E-state index in [-0.39, 0.29) is 10.3 Å². The smallest absolute Gasteiger partial charge is 0.159 e. The van der Waals surface area contributed by atoms with Crippen LogP contribution in [0.5, 0.6) is 11.5 Å². The number of benzene rings is 1. The lowest BCUT2D eigenvalue weighted by Crippen LogP contribution is -1.93. The average Bonchev–Trinajstić information content (AvgIpc) is 2.41. The molecule has 0 amide bonds. The average molecular weight is 285 g/mol. The Morgan fingerprint density at radius 1 is 0.944 bits per heavy atom. The van der Waals surface area contributed by atoms with E-state index < -0.39 is 0 Å². The first-order valence-corrected chi connectivity index (χ1v) is 5.82. The third kappa shape index (κ3) is 2.49. The Morgan fingerprint density at radius 2 is 1.72 bits per heavy atom. The van der Waals surface area contributed by atoms with Crippen molar-refractivity contribution >= 4 is 23.2 Å². The van der Waals surface area contributed by atoms with Gasteiger partial charge in [0.2, 0.25) is 0 Å². The molecule has 0 aliphatic rings. The maximum atomic E-state index is 6.01. The molecular weight excluding hydrogens is 275 g/mol. The predicted octanol–water partition coefficient (Wildman–Crippen LogP) is 3.47. The Hall–Kier alpha value is -1.52. The molecule has 0 aliphatic heterocycles. The molecule has 1 aromatic carbocycles. The van der Waals surface area contributed by atoms with Gasteiger partial charge in [0.15, 0.2) is 10.3 Å². The van der Waals surface area contributed by atoms with Crippen LogP contribution in [-0.2, 0) is 0 Å². The zero-order chi connectivity index (χ0) is 13.1. The standard InChI is InChI=1S/C12H10Cl2N2O2/c1-17-7-3-4-8(10(5-7)18-2)9-6-11(13)15-16-12(9)14/h3-6H,1-2H3. The van der Waals surface area contributed by atoms with Gasteiger partial charge in [0, 0.05) is 17.2 Å². The van der Waals surface area contributed by atoms with Gasteiger partial charge in [0.1, 0.15) is 11.5 Å². The van der Waals surface area contributed by atoms with E-state index in [4.69, 9.17) is 32.7 Å². The molecule has 18 heavy (non-hydrogen) atoms. The molecule has 0 fully saturated rings. The number of aromatic nitrogens is 2. The van der Waals surface area contributed by atoms with Crippen LogP contribution in [0.3, 0.4) is 0 Å². The molecule has 0 saturated heterocycles. The van der Waals surface area contributed by atoms with Crippen molar-refractivity contribution in [2.45, 2.75) is 0 Å². The third-order valence-corrected chi connectivity index (χ3v) is 2.88. The zero-order valence-corrected chi connectivity index (χ0v) is 11.3. The minimum absolute atomic E-state index is 0.267. The summed E-state index contributed by atoms with van der Waals surface area (Å²) < 4.78 is 10.4. The largest absolute Gasteiger partial charge is 0.497 e. The van der Waals surface area contributed by atoms with E-state index in [1.165, 1.54) is 0 Å². The molecule has 0 saturated carbocycles. The van der Waals surface area contributed by atoms with E-state index in [0.717, 1.165) is 5.56 Å². The highest BCUT2D eigenvalue weighted by Crippen LogP contribution is 2.36. The maximum Gasteiger partial charge on any atom is 0.159 e. The van der Waals surface area contributed by atoms with E-state index >= 15 is 0 Å². The van der Waals surface area contributed by atoms with Crippen molar-refractivity contribution in [2.75, 3.05) is 14.2 Å². The van der Waals surface area contributed by atoms with Gasteiger partial charge in [-0.3, -0.25) is 0 Å². The molecule has 0 atom stereocenters. The first-order valence-electron chi connectivity index (χ1n) is 5.07. The molecule has 0 spiro atoms. The molecule has 0 unspecified atom stereocenters. The summed E-state index contributed by atoms with van der Waals surface area (Å²) in [4.78, 5) is 0. The lowest BCUT2D eigenvalue weighted by molar-refractivity contribution is 0.395. The van der Waals surface area contributed by atoms with Gasteiger partial charge in [0.05, 0.1) is 14.2 Å².